The third-order valence-electron chi connectivity index (χ3n) is 2.66. The molecule has 2 aromatic rings. The van der Waals surface area contributed by atoms with E-state index >= 15 is 0 Å². The molecule has 0 amide bonds. The van der Waals surface area contributed by atoms with Gasteiger partial charge in [0.15, 0.2) is 0 Å². The molecule has 2 rings (SSSR count). The maximum absolute atomic E-state index is 13.4. The van der Waals surface area contributed by atoms with Crippen molar-refractivity contribution in [2.75, 3.05) is 0 Å². The Labute approximate surface area is 115 Å². The summed E-state index contributed by atoms with van der Waals surface area (Å²) in [5.74, 6) is -1.28. The molecule has 0 spiro atoms. The standard InChI is InChI=1S/C13H11F2N2O2S/c14-11-6-5-10(7-9(11)8-16)20(18,19)17-13-4-2-1-3-12(13)15/h1-7H,8,16H2/q-1/p+1. The van der Waals surface area contributed by atoms with Crippen molar-refractivity contribution >= 4 is 15.7 Å². The number of rotatable bonds is 4. The molecule has 0 heterocycles. The molecule has 106 valence electrons. The van der Waals surface area contributed by atoms with E-state index in [1.165, 1.54) is 18.2 Å². The normalized spacial score (nSPS) is 11.3. The van der Waals surface area contributed by atoms with Crippen LogP contribution < -0.4 is 5.73 Å². The fourth-order valence-electron chi connectivity index (χ4n) is 1.61. The number of quaternary nitrogens is 1. The van der Waals surface area contributed by atoms with Crippen molar-refractivity contribution in [1.29, 1.82) is 0 Å². The highest BCUT2D eigenvalue weighted by molar-refractivity contribution is 7.94. The minimum Gasteiger partial charge on any atom is -0.570 e. The topological polar surface area (TPSA) is 75.9 Å². The second-order valence-corrected chi connectivity index (χ2v) is 5.63. The van der Waals surface area contributed by atoms with Crippen LogP contribution >= 0.6 is 0 Å². The van der Waals surface area contributed by atoms with Crippen molar-refractivity contribution in [1.82, 2.24) is 0 Å². The summed E-state index contributed by atoms with van der Waals surface area (Å²) < 4.78 is 54.3. The minimum absolute atomic E-state index is 0.106. The highest BCUT2D eigenvalue weighted by atomic mass is 32.2. The molecule has 0 unspecified atom stereocenters. The van der Waals surface area contributed by atoms with Crippen LogP contribution in [0, 0.1) is 11.6 Å². The molecule has 2 aromatic carbocycles. The van der Waals surface area contributed by atoms with E-state index in [0.717, 1.165) is 24.3 Å². The van der Waals surface area contributed by atoms with Crippen LogP contribution in [-0.2, 0) is 16.6 Å². The van der Waals surface area contributed by atoms with Crippen LogP contribution in [0.25, 0.3) is 4.72 Å². The first-order valence-electron chi connectivity index (χ1n) is 5.74. The van der Waals surface area contributed by atoms with Gasteiger partial charge in [0.25, 0.3) is 0 Å². The first kappa shape index (κ1) is 14.4. The van der Waals surface area contributed by atoms with Gasteiger partial charge in [-0.05, 0) is 24.3 Å². The van der Waals surface area contributed by atoms with Crippen molar-refractivity contribution in [3.63, 3.8) is 0 Å². The molecule has 0 aliphatic carbocycles. The van der Waals surface area contributed by atoms with Crippen molar-refractivity contribution < 1.29 is 22.9 Å². The molecule has 20 heavy (non-hydrogen) atoms. The third kappa shape index (κ3) is 2.94. The van der Waals surface area contributed by atoms with E-state index in [-0.39, 0.29) is 22.7 Å². The van der Waals surface area contributed by atoms with E-state index in [1.807, 2.05) is 0 Å². The van der Waals surface area contributed by atoms with Crippen molar-refractivity contribution in [3.8, 4) is 0 Å². The van der Waals surface area contributed by atoms with Crippen molar-refractivity contribution in [3.05, 3.63) is 64.4 Å². The maximum Gasteiger partial charge on any atom is 0.132 e. The molecule has 0 bridgehead atoms. The zero-order valence-electron chi connectivity index (χ0n) is 10.4. The van der Waals surface area contributed by atoms with Crippen LogP contribution in [0.5, 0.6) is 0 Å². The Morgan fingerprint density at radius 2 is 1.75 bits per heavy atom. The molecule has 0 aliphatic rings. The fourth-order valence-corrected chi connectivity index (χ4v) is 2.65. The van der Waals surface area contributed by atoms with Gasteiger partial charge in [-0.3, -0.25) is 0 Å². The lowest BCUT2D eigenvalue weighted by Gasteiger charge is -2.22. The molecule has 0 saturated carbocycles. The predicted molar refractivity (Wildman–Crippen MR) is 69.6 cm³/mol. The van der Waals surface area contributed by atoms with Gasteiger partial charge >= 0.3 is 0 Å². The number of benzene rings is 2. The maximum atomic E-state index is 13.4. The lowest BCUT2D eigenvalue weighted by Crippen LogP contribution is -2.47. The molecule has 0 aliphatic heterocycles. The molecule has 0 saturated heterocycles. The Kier molecular flexibility index (Phi) is 4.01. The number of hydrogen-bond acceptors (Lipinski definition) is 2. The van der Waals surface area contributed by atoms with Gasteiger partial charge in [-0.25, -0.2) is 17.2 Å². The fraction of sp³-hybridized carbons (Fsp3) is 0.0769. The highest BCUT2D eigenvalue weighted by Crippen LogP contribution is 2.30. The van der Waals surface area contributed by atoms with E-state index in [2.05, 4.69) is 10.5 Å². The summed E-state index contributed by atoms with van der Waals surface area (Å²) in [5, 5.41) is 0. The van der Waals surface area contributed by atoms with E-state index in [1.54, 1.807) is 0 Å². The van der Waals surface area contributed by atoms with Gasteiger partial charge in [0, 0.05) is 5.56 Å². The van der Waals surface area contributed by atoms with Crippen LogP contribution in [0.3, 0.4) is 0 Å². The zero-order chi connectivity index (χ0) is 14.8. The van der Waals surface area contributed by atoms with E-state index < -0.39 is 21.7 Å². The summed E-state index contributed by atoms with van der Waals surface area (Å²) in [4.78, 5) is -0.194. The molecule has 0 radical (unpaired) electrons. The second kappa shape index (κ2) is 5.56. The zero-order valence-corrected chi connectivity index (χ0v) is 11.2. The second-order valence-electron chi connectivity index (χ2n) is 4.02. The summed E-state index contributed by atoms with van der Waals surface area (Å²) in [7, 11) is -4.09. The van der Waals surface area contributed by atoms with E-state index in [4.69, 9.17) is 0 Å². The monoisotopic (exact) mass is 298 g/mol. The molecule has 3 N–H and O–H groups in total. The van der Waals surface area contributed by atoms with E-state index in [9.17, 15) is 17.2 Å². The summed E-state index contributed by atoms with van der Waals surface area (Å²) in [6.07, 6.45) is 0. The molecule has 4 nitrogen and oxygen atoms in total. The summed E-state index contributed by atoms with van der Waals surface area (Å²) >= 11 is 0. The smallest absolute Gasteiger partial charge is 0.132 e. The summed E-state index contributed by atoms with van der Waals surface area (Å²) in [6.45, 7) is 0.106. The first-order chi connectivity index (χ1) is 9.44. The number of halogens is 2. The number of sulfonamides is 1. The van der Waals surface area contributed by atoms with Gasteiger partial charge < -0.3 is 10.5 Å². The Bertz CT molecular complexity index is 733. The third-order valence-corrected chi connectivity index (χ3v) is 3.94. The lowest BCUT2D eigenvalue weighted by atomic mass is 10.2. The molecule has 0 aromatic heterocycles. The van der Waals surface area contributed by atoms with Crippen LogP contribution in [0.4, 0.5) is 14.5 Å². The highest BCUT2D eigenvalue weighted by Gasteiger charge is 2.10. The van der Waals surface area contributed by atoms with Crippen molar-refractivity contribution in [2.24, 2.45) is 0 Å². The molecule has 7 heteroatoms. The molecular formula is C13H12F2N2O2S. The van der Waals surface area contributed by atoms with Crippen LogP contribution in [0.15, 0.2) is 47.4 Å². The average molecular weight is 298 g/mol. The Morgan fingerprint density at radius 1 is 1.05 bits per heavy atom. The van der Waals surface area contributed by atoms with E-state index in [0.29, 0.717) is 0 Å². The number of hydrogen-bond donors (Lipinski definition) is 1. The Morgan fingerprint density at radius 3 is 2.40 bits per heavy atom. The Hall–Kier alpha value is -1.99. The average Bonchev–Trinajstić information content (AvgIpc) is 2.41. The quantitative estimate of drug-likeness (QED) is 0.938. The van der Waals surface area contributed by atoms with Gasteiger partial charge in [-0.1, -0.05) is 23.9 Å². The summed E-state index contributed by atoms with van der Waals surface area (Å²) in [5.41, 5.74) is 3.39. The first-order valence-corrected chi connectivity index (χ1v) is 7.18. The SMILES string of the molecule is [NH3+]Cc1cc(S(=O)(=O)[N-]c2ccccc2F)ccc1F. The van der Waals surface area contributed by atoms with Crippen LogP contribution in [0.1, 0.15) is 5.56 Å². The lowest BCUT2D eigenvalue weighted by molar-refractivity contribution is -0.387. The molecule has 0 fully saturated rings. The summed E-state index contributed by atoms with van der Waals surface area (Å²) in [6, 6.07) is 8.54. The largest absolute Gasteiger partial charge is 0.570 e. The number of nitrogens with zero attached hydrogens (tertiary/aromatic N) is 1. The van der Waals surface area contributed by atoms with Gasteiger partial charge in [0.2, 0.25) is 0 Å². The van der Waals surface area contributed by atoms with Crippen molar-refractivity contribution in [2.45, 2.75) is 11.4 Å². The van der Waals surface area contributed by atoms with Crippen LogP contribution in [0.2, 0.25) is 0 Å². The van der Waals surface area contributed by atoms with Gasteiger partial charge in [-0.2, -0.15) is 0 Å². The molecular weight excluding hydrogens is 286 g/mol. The van der Waals surface area contributed by atoms with Gasteiger partial charge in [-0.15, -0.1) is 0 Å². The minimum atomic E-state index is -4.09. The Balaban J connectivity index is 2.38. The predicted octanol–water partition coefficient (Wildman–Crippen LogP) is 2.10. The van der Waals surface area contributed by atoms with Gasteiger partial charge in [0.05, 0.1) is 4.90 Å². The van der Waals surface area contributed by atoms with Gasteiger partial charge in [0.1, 0.15) is 28.2 Å². The molecule has 0 atom stereocenters. The van der Waals surface area contributed by atoms with Crippen LogP contribution in [-0.4, -0.2) is 8.42 Å².